The minimum atomic E-state index is 0.431. The van der Waals surface area contributed by atoms with Gasteiger partial charge in [0.05, 0.1) is 24.6 Å². The smallest absolute Gasteiger partial charge is 0.153 e. The molecule has 0 aliphatic heterocycles. The third-order valence-corrected chi connectivity index (χ3v) is 2.96. The van der Waals surface area contributed by atoms with Gasteiger partial charge in [0.2, 0.25) is 0 Å². The van der Waals surface area contributed by atoms with Gasteiger partial charge in [-0.25, -0.2) is 0 Å². The third kappa shape index (κ3) is 2.14. The lowest BCUT2D eigenvalue weighted by Gasteiger charge is -2.12. The monoisotopic (exact) mass is 244 g/mol. The number of aldehydes is 1. The lowest BCUT2D eigenvalue weighted by molar-refractivity contribution is 0.112. The lowest BCUT2D eigenvalue weighted by atomic mass is 9.99. The Morgan fingerprint density at radius 2 is 2.17 bits per heavy atom. The van der Waals surface area contributed by atoms with Gasteiger partial charge in [-0.2, -0.15) is 5.10 Å². The number of aromatic amines is 1. The van der Waals surface area contributed by atoms with Gasteiger partial charge in [-0.1, -0.05) is 19.9 Å². The van der Waals surface area contributed by atoms with E-state index in [0.29, 0.717) is 17.2 Å². The van der Waals surface area contributed by atoms with E-state index >= 15 is 0 Å². The maximum atomic E-state index is 10.9. The molecule has 0 atom stereocenters. The summed E-state index contributed by atoms with van der Waals surface area (Å²) in [5.41, 5.74) is 3.27. The van der Waals surface area contributed by atoms with Crippen molar-refractivity contribution < 1.29 is 9.53 Å². The molecule has 0 radical (unpaired) electrons. The summed E-state index contributed by atoms with van der Waals surface area (Å²) in [5, 5.41) is 6.73. The Kier molecular flexibility index (Phi) is 3.46. The van der Waals surface area contributed by atoms with Crippen LogP contribution in [0.25, 0.3) is 11.3 Å². The highest BCUT2D eigenvalue weighted by Gasteiger charge is 2.13. The fourth-order valence-electron chi connectivity index (χ4n) is 1.87. The topological polar surface area (TPSA) is 55.0 Å². The van der Waals surface area contributed by atoms with E-state index in [4.69, 9.17) is 4.74 Å². The average Bonchev–Trinajstić information content (AvgIpc) is 2.85. The Morgan fingerprint density at radius 1 is 1.39 bits per heavy atom. The standard InChI is InChI=1S/C14H16N2O2/c1-9(2)10-4-5-12(13(6-10)18-3)14-11(8-17)7-15-16-14/h4-9H,1-3H3,(H,15,16). The molecule has 4 heteroatoms. The van der Waals surface area contributed by atoms with Crippen molar-refractivity contribution in [3.63, 3.8) is 0 Å². The maximum Gasteiger partial charge on any atom is 0.153 e. The van der Waals surface area contributed by atoms with Crippen molar-refractivity contribution in [1.82, 2.24) is 10.2 Å². The Balaban J connectivity index is 2.54. The Labute approximate surface area is 106 Å². The highest BCUT2D eigenvalue weighted by molar-refractivity contribution is 5.87. The zero-order chi connectivity index (χ0) is 13.1. The van der Waals surface area contributed by atoms with Gasteiger partial charge >= 0.3 is 0 Å². The van der Waals surface area contributed by atoms with Gasteiger partial charge < -0.3 is 4.74 Å². The second-order valence-electron chi connectivity index (χ2n) is 4.43. The van der Waals surface area contributed by atoms with E-state index in [9.17, 15) is 4.79 Å². The summed E-state index contributed by atoms with van der Waals surface area (Å²) >= 11 is 0. The first kappa shape index (κ1) is 12.4. The van der Waals surface area contributed by atoms with Crippen LogP contribution in [-0.2, 0) is 0 Å². The number of carbonyl (C=O) groups excluding carboxylic acids is 1. The summed E-state index contributed by atoms with van der Waals surface area (Å²) in [6.45, 7) is 4.25. The molecule has 2 aromatic rings. The van der Waals surface area contributed by atoms with E-state index in [1.165, 1.54) is 11.8 Å². The van der Waals surface area contributed by atoms with E-state index in [-0.39, 0.29) is 0 Å². The van der Waals surface area contributed by atoms with Crippen molar-refractivity contribution in [3.05, 3.63) is 35.5 Å². The number of nitrogens with one attached hydrogen (secondary N) is 1. The van der Waals surface area contributed by atoms with Crippen LogP contribution >= 0.6 is 0 Å². The number of rotatable bonds is 4. The molecule has 0 fully saturated rings. The number of hydrogen-bond acceptors (Lipinski definition) is 3. The molecule has 0 saturated heterocycles. The largest absolute Gasteiger partial charge is 0.496 e. The van der Waals surface area contributed by atoms with Crippen LogP contribution in [0.4, 0.5) is 0 Å². The predicted molar refractivity (Wildman–Crippen MR) is 70.1 cm³/mol. The van der Waals surface area contributed by atoms with Crippen LogP contribution in [0.5, 0.6) is 5.75 Å². The summed E-state index contributed by atoms with van der Waals surface area (Å²) in [6.07, 6.45) is 2.30. The minimum absolute atomic E-state index is 0.431. The van der Waals surface area contributed by atoms with Crippen LogP contribution in [0, 0.1) is 0 Å². The Hall–Kier alpha value is -2.10. The normalized spacial score (nSPS) is 10.7. The molecule has 1 aromatic carbocycles. The molecule has 4 nitrogen and oxygen atoms in total. The summed E-state index contributed by atoms with van der Waals surface area (Å²) in [7, 11) is 1.62. The minimum Gasteiger partial charge on any atom is -0.496 e. The third-order valence-electron chi connectivity index (χ3n) is 2.96. The summed E-state index contributed by atoms with van der Waals surface area (Å²) in [5.74, 6) is 1.17. The number of nitrogens with zero attached hydrogens (tertiary/aromatic N) is 1. The number of H-pyrrole nitrogens is 1. The Bertz CT molecular complexity index is 559. The number of benzene rings is 1. The van der Waals surface area contributed by atoms with Crippen LogP contribution in [0.1, 0.15) is 35.7 Å². The van der Waals surface area contributed by atoms with Crippen molar-refractivity contribution in [1.29, 1.82) is 0 Å². The molecule has 0 unspecified atom stereocenters. The molecule has 94 valence electrons. The van der Waals surface area contributed by atoms with E-state index in [0.717, 1.165) is 17.6 Å². The average molecular weight is 244 g/mol. The molecule has 0 amide bonds. The molecule has 0 aliphatic rings. The van der Waals surface area contributed by atoms with Crippen molar-refractivity contribution in [2.75, 3.05) is 7.11 Å². The highest BCUT2D eigenvalue weighted by Crippen LogP contribution is 2.32. The molecular weight excluding hydrogens is 228 g/mol. The van der Waals surface area contributed by atoms with Gasteiger partial charge in [-0.15, -0.1) is 0 Å². The number of methoxy groups -OCH3 is 1. The second kappa shape index (κ2) is 5.04. The van der Waals surface area contributed by atoms with Crippen LogP contribution in [0.15, 0.2) is 24.4 Å². The Morgan fingerprint density at radius 3 is 2.78 bits per heavy atom. The molecule has 0 bridgehead atoms. The van der Waals surface area contributed by atoms with Crippen molar-refractivity contribution >= 4 is 6.29 Å². The van der Waals surface area contributed by atoms with Gasteiger partial charge in [-0.3, -0.25) is 9.89 Å². The van der Waals surface area contributed by atoms with E-state index in [1.807, 2.05) is 18.2 Å². The second-order valence-corrected chi connectivity index (χ2v) is 4.43. The van der Waals surface area contributed by atoms with Gasteiger partial charge in [0, 0.05) is 5.56 Å². The molecule has 1 heterocycles. The number of hydrogen-bond donors (Lipinski definition) is 1. The molecular formula is C14H16N2O2. The van der Waals surface area contributed by atoms with Gasteiger partial charge in [0.25, 0.3) is 0 Å². The SMILES string of the molecule is COc1cc(C(C)C)ccc1-c1[nH]ncc1C=O. The molecule has 1 aromatic heterocycles. The first-order valence-corrected chi connectivity index (χ1v) is 5.84. The van der Waals surface area contributed by atoms with Crippen molar-refractivity contribution in [3.8, 4) is 17.0 Å². The van der Waals surface area contributed by atoms with Crippen LogP contribution < -0.4 is 4.74 Å². The highest BCUT2D eigenvalue weighted by atomic mass is 16.5. The van der Waals surface area contributed by atoms with Crippen LogP contribution in [-0.4, -0.2) is 23.6 Å². The molecule has 0 spiro atoms. The number of aromatic nitrogens is 2. The molecule has 18 heavy (non-hydrogen) atoms. The van der Waals surface area contributed by atoms with Crippen molar-refractivity contribution in [2.45, 2.75) is 19.8 Å². The van der Waals surface area contributed by atoms with Gasteiger partial charge in [0.1, 0.15) is 5.75 Å². The maximum absolute atomic E-state index is 10.9. The van der Waals surface area contributed by atoms with Gasteiger partial charge in [0.15, 0.2) is 6.29 Å². The fourth-order valence-corrected chi connectivity index (χ4v) is 1.87. The van der Waals surface area contributed by atoms with E-state index < -0.39 is 0 Å². The zero-order valence-electron chi connectivity index (χ0n) is 10.7. The van der Waals surface area contributed by atoms with E-state index in [1.54, 1.807) is 7.11 Å². The summed E-state index contributed by atoms with van der Waals surface area (Å²) in [4.78, 5) is 10.9. The van der Waals surface area contributed by atoms with E-state index in [2.05, 4.69) is 24.0 Å². The lowest BCUT2D eigenvalue weighted by Crippen LogP contribution is -1.94. The fraction of sp³-hybridized carbons (Fsp3) is 0.286. The molecule has 2 rings (SSSR count). The molecule has 0 saturated carbocycles. The van der Waals surface area contributed by atoms with Gasteiger partial charge in [-0.05, 0) is 23.6 Å². The quantitative estimate of drug-likeness (QED) is 0.841. The van der Waals surface area contributed by atoms with Crippen LogP contribution in [0.3, 0.4) is 0 Å². The zero-order valence-corrected chi connectivity index (χ0v) is 10.7. The summed E-state index contributed by atoms with van der Waals surface area (Å²) in [6, 6.07) is 5.99. The molecule has 1 N–H and O–H groups in total. The first-order chi connectivity index (χ1) is 8.67. The number of ether oxygens (including phenoxy) is 1. The molecule has 0 aliphatic carbocycles. The first-order valence-electron chi connectivity index (χ1n) is 5.84. The van der Waals surface area contributed by atoms with Crippen molar-refractivity contribution in [2.24, 2.45) is 0 Å². The summed E-state index contributed by atoms with van der Waals surface area (Å²) < 4.78 is 5.40. The predicted octanol–water partition coefficient (Wildman–Crippen LogP) is 3.02. The number of carbonyl (C=O) groups is 1. The van der Waals surface area contributed by atoms with Crippen LogP contribution in [0.2, 0.25) is 0 Å².